The van der Waals surface area contributed by atoms with Crippen molar-refractivity contribution in [2.75, 3.05) is 14.2 Å². The van der Waals surface area contributed by atoms with E-state index in [9.17, 15) is 25.2 Å². The third kappa shape index (κ3) is 2.35. The van der Waals surface area contributed by atoms with Crippen LogP contribution in [0.4, 0.5) is 0 Å². The van der Waals surface area contributed by atoms with Crippen LogP contribution in [0.5, 0.6) is 34.5 Å². The number of ether oxygens (including phenoxy) is 2. The summed E-state index contributed by atoms with van der Waals surface area (Å²) < 4.78 is 15.6. The SMILES string of the molecule is COc1cccc(-c2oc3c(OC)c(O)c(O)c(O)c3c(=O)c2O)c1. The Morgan fingerprint density at radius 1 is 0.920 bits per heavy atom. The maximum absolute atomic E-state index is 12.5. The summed E-state index contributed by atoms with van der Waals surface area (Å²) in [7, 11) is 2.64. The first-order valence-corrected chi connectivity index (χ1v) is 7.05. The normalized spacial score (nSPS) is 10.8. The van der Waals surface area contributed by atoms with Crippen LogP contribution in [-0.4, -0.2) is 34.6 Å². The molecule has 0 saturated carbocycles. The first kappa shape index (κ1) is 16.3. The fourth-order valence-electron chi connectivity index (χ4n) is 2.50. The largest absolute Gasteiger partial charge is 0.504 e. The van der Waals surface area contributed by atoms with Gasteiger partial charge in [0.2, 0.25) is 28.4 Å². The highest BCUT2D eigenvalue weighted by atomic mass is 16.5. The summed E-state index contributed by atoms with van der Waals surface area (Å²) in [4.78, 5) is 12.5. The molecule has 4 N–H and O–H groups in total. The van der Waals surface area contributed by atoms with E-state index in [4.69, 9.17) is 13.9 Å². The minimum absolute atomic E-state index is 0.209. The summed E-state index contributed by atoms with van der Waals surface area (Å²) >= 11 is 0. The quantitative estimate of drug-likeness (QED) is 0.532. The maximum atomic E-state index is 12.5. The van der Waals surface area contributed by atoms with E-state index in [0.717, 1.165) is 0 Å². The lowest BCUT2D eigenvalue weighted by Gasteiger charge is -2.13. The van der Waals surface area contributed by atoms with Crippen LogP contribution in [0, 0.1) is 0 Å². The van der Waals surface area contributed by atoms with Crippen molar-refractivity contribution in [3.8, 4) is 45.8 Å². The lowest BCUT2D eigenvalue weighted by molar-refractivity contribution is 0.335. The van der Waals surface area contributed by atoms with Crippen LogP contribution >= 0.6 is 0 Å². The first-order chi connectivity index (χ1) is 11.9. The van der Waals surface area contributed by atoms with Crippen LogP contribution in [0.3, 0.4) is 0 Å². The average Bonchev–Trinajstić information content (AvgIpc) is 2.63. The molecule has 2 aromatic carbocycles. The van der Waals surface area contributed by atoms with E-state index in [0.29, 0.717) is 11.3 Å². The molecule has 8 nitrogen and oxygen atoms in total. The molecule has 25 heavy (non-hydrogen) atoms. The number of hydrogen-bond donors (Lipinski definition) is 4. The number of hydrogen-bond acceptors (Lipinski definition) is 8. The van der Waals surface area contributed by atoms with Gasteiger partial charge >= 0.3 is 0 Å². The van der Waals surface area contributed by atoms with Gasteiger partial charge in [-0.05, 0) is 12.1 Å². The van der Waals surface area contributed by atoms with Crippen LogP contribution < -0.4 is 14.9 Å². The highest BCUT2D eigenvalue weighted by Gasteiger charge is 2.27. The van der Waals surface area contributed by atoms with Gasteiger partial charge in [-0.2, -0.15) is 0 Å². The van der Waals surface area contributed by atoms with Gasteiger partial charge in [0.05, 0.1) is 14.2 Å². The zero-order valence-electron chi connectivity index (χ0n) is 13.2. The summed E-state index contributed by atoms with van der Waals surface area (Å²) in [6.45, 7) is 0. The molecule has 0 spiro atoms. The fraction of sp³-hybridized carbons (Fsp3) is 0.118. The molecule has 1 aromatic heterocycles. The summed E-state index contributed by atoms with van der Waals surface area (Å²) in [6, 6.07) is 6.38. The third-order valence-corrected chi connectivity index (χ3v) is 3.73. The van der Waals surface area contributed by atoms with E-state index in [1.165, 1.54) is 20.3 Å². The summed E-state index contributed by atoms with van der Waals surface area (Å²) in [5, 5.41) is 39.3. The van der Waals surface area contributed by atoms with Crippen molar-refractivity contribution in [2.45, 2.75) is 0 Å². The van der Waals surface area contributed by atoms with E-state index in [2.05, 4.69) is 0 Å². The molecule has 0 radical (unpaired) electrons. The molecule has 0 bridgehead atoms. The molecule has 130 valence electrons. The van der Waals surface area contributed by atoms with Gasteiger partial charge in [0.15, 0.2) is 17.1 Å². The summed E-state index contributed by atoms with van der Waals surface area (Å²) in [6.07, 6.45) is 0. The smallest absolute Gasteiger partial charge is 0.239 e. The molecule has 0 atom stereocenters. The van der Waals surface area contributed by atoms with Crippen molar-refractivity contribution in [3.05, 3.63) is 34.5 Å². The molecule has 0 aliphatic rings. The van der Waals surface area contributed by atoms with Crippen molar-refractivity contribution in [3.63, 3.8) is 0 Å². The van der Waals surface area contributed by atoms with Crippen LogP contribution in [0.2, 0.25) is 0 Å². The number of fused-ring (bicyclic) bond motifs is 1. The summed E-state index contributed by atoms with van der Waals surface area (Å²) in [5.41, 5.74) is -0.994. The Morgan fingerprint density at radius 2 is 1.64 bits per heavy atom. The number of methoxy groups -OCH3 is 2. The maximum Gasteiger partial charge on any atom is 0.239 e. The van der Waals surface area contributed by atoms with Gasteiger partial charge < -0.3 is 34.3 Å². The Balaban J connectivity index is 2.46. The zero-order valence-corrected chi connectivity index (χ0v) is 13.2. The number of rotatable bonds is 3. The van der Waals surface area contributed by atoms with Crippen molar-refractivity contribution >= 4 is 11.0 Å². The Labute approximate surface area is 140 Å². The van der Waals surface area contributed by atoms with Gasteiger partial charge in [-0.15, -0.1) is 0 Å². The number of phenols is 3. The average molecular weight is 346 g/mol. The number of benzene rings is 2. The van der Waals surface area contributed by atoms with Crippen molar-refractivity contribution in [1.29, 1.82) is 0 Å². The van der Waals surface area contributed by atoms with Gasteiger partial charge in [-0.25, -0.2) is 0 Å². The second kappa shape index (κ2) is 5.82. The Bertz CT molecular complexity index is 1040. The van der Waals surface area contributed by atoms with Gasteiger partial charge in [-0.3, -0.25) is 4.79 Å². The topological polar surface area (TPSA) is 130 Å². The molecule has 8 heteroatoms. The van der Waals surface area contributed by atoms with Crippen LogP contribution in [0.15, 0.2) is 33.5 Å². The number of aromatic hydroxyl groups is 4. The molecule has 0 unspecified atom stereocenters. The fourth-order valence-corrected chi connectivity index (χ4v) is 2.50. The highest BCUT2D eigenvalue weighted by Crippen LogP contribution is 2.49. The van der Waals surface area contributed by atoms with Crippen LogP contribution in [0.1, 0.15) is 0 Å². The number of phenolic OH excluding ortho intramolecular Hbond substituents is 3. The second-order valence-corrected chi connectivity index (χ2v) is 5.12. The molecular formula is C17H14O8. The van der Waals surface area contributed by atoms with Crippen LogP contribution in [-0.2, 0) is 0 Å². The van der Waals surface area contributed by atoms with Gasteiger partial charge in [0, 0.05) is 5.56 Å². The van der Waals surface area contributed by atoms with Gasteiger partial charge in [0.25, 0.3) is 0 Å². The van der Waals surface area contributed by atoms with E-state index >= 15 is 0 Å². The van der Waals surface area contributed by atoms with E-state index < -0.39 is 33.8 Å². The van der Waals surface area contributed by atoms with Crippen LogP contribution in [0.25, 0.3) is 22.3 Å². The summed E-state index contributed by atoms with van der Waals surface area (Å²) in [5.74, 6) is -3.55. The Morgan fingerprint density at radius 3 is 2.28 bits per heavy atom. The molecule has 1 heterocycles. The van der Waals surface area contributed by atoms with Gasteiger partial charge in [-0.1, -0.05) is 12.1 Å². The Hall–Kier alpha value is -3.55. The minimum Gasteiger partial charge on any atom is -0.504 e. The minimum atomic E-state index is -0.995. The second-order valence-electron chi connectivity index (χ2n) is 5.12. The predicted molar refractivity (Wildman–Crippen MR) is 87.7 cm³/mol. The molecule has 0 saturated heterocycles. The molecule has 3 aromatic rings. The monoisotopic (exact) mass is 346 g/mol. The molecular weight excluding hydrogens is 332 g/mol. The molecule has 0 aliphatic heterocycles. The molecule has 0 amide bonds. The van der Waals surface area contributed by atoms with E-state index in [1.807, 2.05) is 0 Å². The van der Waals surface area contributed by atoms with E-state index in [1.54, 1.807) is 18.2 Å². The zero-order chi connectivity index (χ0) is 18.3. The lowest BCUT2D eigenvalue weighted by atomic mass is 10.1. The van der Waals surface area contributed by atoms with E-state index in [-0.39, 0.29) is 17.1 Å². The first-order valence-electron chi connectivity index (χ1n) is 7.05. The molecule has 0 aliphatic carbocycles. The van der Waals surface area contributed by atoms with Crippen molar-refractivity contribution in [2.24, 2.45) is 0 Å². The van der Waals surface area contributed by atoms with Gasteiger partial charge in [0.1, 0.15) is 11.1 Å². The lowest BCUT2D eigenvalue weighted by Crippen LogP contribution is -2.04. The predicted octanol–water partition coefficient (Wildman–Crippen LogP) is 2.30. The van der Waals surface area contributed by atoms with Crippen molar-refractivity contribution < 1.29 is 34.3 Å². The Kier molecular flexibility index (Phi) is 3.80. The van der Waals surface area contributed by atoms with Crippen molar-refractivity contribution in [1.82, 2.24) is 0 Å². The molecule has 3 rings (SSSR count). The third-order valence-electron chi connectivity index (χ3n) is 3.73. The molecule has 0 fully saturated rings. The standard InChI is InChI=1S/C17H14O8/c1-23-8-5-3-4-7(6-8)15-13(21)11(19)9-10(18)12(20)14(22)17(24-2)16(9)25-15/h3-6,18,20-22H,1-2H3. The highest BCUT2D eigenvalue weighted by molar-refractivity contribution is 5.96.